The number of aldehydes is 1. The van der Waals surface area contributed by atoms with E-state index in [0.717, 1.165) is 5.56 Å². The van der Waals surface area contributed by atoms with Crippen LogP contribution in [0.2, 0.25) is 0 Å². The molecule has 0 heterocycles. The third kappa shape index (κ3) is 4.57. The molecule has 5 heteroatoms. The van der Waals surface area contributed by atoms with Gasteiger partial charge in [0.25, 0.3) is 0 Å². The number of alkyl carbamates (subject to hydrolysis) is 1. The van der Waals surface area contributed by atoms with Crippen molar-refractivity contribution in [3.63, 3.8) is 0 Å². The second kappa shape index (κ2) is 6.41. The molecule has 0 aliphatic rings. The van der Waals surface area contributed by atoms with Crippen LogP contribution in [0.4, 0.5) is 4.79 Å². The molecule has 1 aromatic carbocycles. The van der Waals surface area contributed by atoms with Crippen molar-refractivity contribution in [1.82, 2.24) is 5.32 Å². The first-order chi connectivity index (χ1) is 9.26. The summed E-state index contributed by atoms with van der Waals surface area (Å²) in [6.45, 7) is 7.19. The van der Waals surface area contributed by atoms with Gasteiger partial charge in [-0.3, -0.25) is 0 Å². The van der Waals surface area contributed by atoms with Crippen LogP contribution in [0.5, 0.6) is 5.75 Å². The highest BCUT2D eigenvalue weighted by Gasteiger charge is 2.20. The maximum Gasteiger partial charge on any atom is 0.408 e. The quantitative estimate of drug-likeness (QED) is 0.861. The van der Waals surface area contributed by atoms with Crippen LogP contribution in [0.25, 0.3) is 0 Å². The molecule has 0 aliphatic carbocycles. The van der Waals surface area contributed by atoms with E-state index in [1.807, 2.05) is 13.0 Å². The normalized spacial score (nSPS) is 12.4. The Morgan fingerprint density at radius 2 is 2.00 bits per heavy atom. The molecule has 1 N–H and O–H groups in total. The summed E-state index contributed by atoms with van der Waals surface area (Å²) < 4.78 is 10.3. The molecule has 0 bridgehead atoms. The Hall–Kier alpha value is -2.04. The number of benzene rings is 1. The van der Waals surface area contributed by atoms with Crippen LogP contribution in [-0.4, -0.2) is 25.1 Å². The van der Waals surface area contributed by atoms with Gasteiger partial charge in [0.2, 0.25) is 0 Å². The maximum atomic E-state index is 11.7. The van der Waals surface area contributed by atoms with Gasteiger partial charge in [-0.15, -0.1) is 0 Å². The number of hydrogen-bond acceptors (Lipinski definition) is 4. The molecule has 0 saturated heterocycles. The van der Waals surface area contributed by atoms with Crippen molar-refractivity contribution in [2.75, 3.05) is 7.11 Å². The Balaban J connectivity index is 2.86. The first-order valence-electron chi connectivity index (χ1n) is 6.36. The molecule has 0 saturated carbocycles. The first-order valence-corrected chi connectivity index (χ1v) is 6.36. The van der Waals surface area contributed by atoms with E-state index in [0.29, 0.717) is 17.6 Å². The number of carbonyl (C=O) groups is 2. The summed E-state index contributed by atoms with van der Waals surface area (Å²) >= 11 is 0. The van der Waals surface area contributed by atoms with E-state index < -0.39 is 17.7 Å². The van der Waals surface area contributed by atoms with E-state index in [9.17, 15) is 9.59 Å². The third-order valence-electron chi connectivity index (χ3n) is 2.60. The SMILES string of the molecule is COc1cc(C(C=O)NC(=O)OC(C)(C)C)ccc1C. The van der Waals surface area contributed by atoms with Crippen molar-refractivity contribution in [2.45, 2.75) is 39.3 Å². The zero-order valence-corrected chi connectivity index (χ0v) is 12.5. The monoisotopic (exact) mass is 279 g/mol. The minimum Gasteiger partial charge on any atom is -0.496 e. The van der Waals surface area contributed by atoms with Crippen molar-refractivity contribution in [2.24, 2.45) is 0 Å². The molecule has 0 aromatic heterocycles. The van der Waals surface area contributed by atoms with Gasteiger partial charge in [0.05, 0.1) is 7.11 Å². The number of hydrogen-bond donors (Lipinski definition) is 1. The van der Waals surface area contributed by atoms with E-state index >= 15 is 0 Å². The summed E-state index contributed by atoms with van der Waals surface area (Å²) in [5.74, 6) is 0.667. The van der Waals surface area contributed by atoms with Gasteiger partial charge in [-0.2, -0.15) is 0 Å². The van der Waals surface area contributed by atoms with E-state index in [4.69, 9.17) is 9.47 Å². The number of aryl methyl sites for hydroxylation is 1. The molecule has 1 atom stereocenters. The standard InChI is InChI=1S/C15H21NO4/c1-10-6-7-11(8-13(10)19-5)12(9-17)16-14(18)20-15(2,3)4/h6-9,12H,1-5H3,(H,16,18). The molecule has 1 unspecified atom stereocenters. The highest BCUT2D eigenvalue weighted by atomic mass is 16.6. The fourth-order valence-electron chi connectivity index (χ4n) is 1.66. The highest BCUT2D eigenvalue weighted by molar-refractivity contribution is 5.74. The zero-order valence-electron chi connectivity index (χ0n) is 12.5. The van der Waals surface area contributed by atoms with Gasteiger partial charge < -0.3 is 19.6 Å². The fraction of sp³-hybridized carbons (Fsp3) is 0.467. The Morgan fingerprint density at radius 1 is 1.35 bits per heavy atom. The van der Waals surface area contributed by atoms with Gasteiger partial charge >= 0.3 is 6.09 Å². The van der Waals surface area contributed by atoms with Crippen molar-refractivity contribution in [1.29, 1.82) is 0 Å². The van der Waals surface area contributed by atoms with Crippen molar-refractivity contribution >= 4 is 12.4 Å². The fourth-order valence-corrected chi connectivity index (χ4v) is 1.66. The Labute approximate surface area is 119 Å². The molecule has 110 valence electrons. The minimum absolute atomic E-state index is 0.609. The molecule has 0 spiro atoms. The summed E-state index contributed by atoms with van der Waals surface area (Å²) in [5, 5.41) is 2.53. The minimum atomic E-state index is -0.764. The Morgan fingerprint density at radius 3 is 2.50 bits per heavy atom. The van der Waals surface area contributed by atoms with E-state index in [2.05, 4.69) is 5.32 Å². The zero-order chi connectivity index (χ0) is 15.3. The smallest absolute Gasteiger partial charge is 0.408 e. The number of carbonyl (C=O) groups excluding carboxylic acids is 2. The van der Waals surface area contributed by atoms with Crippen molar-refractivity contribution < 1.29 is 19.1 Å². The lowest BCUT2D eigenvalue weighted by Crippen LogP contribution is -2.35. The van der Waals surface area contributed by atoms with Crippen LogP contribution in [0.15, 0.2) is 18.2 Å². The first kappa shape index (κ1) is 16.0. The number of methoxy groups -OCH3 is 1. The van der Waals surface area contributed by atoms with Gasteiger partial charge in [-0.05, 0) is 44.9 Å². The lowest BCUT2D eigenvalue weighted by Gasteiger charge is -2.22. The summed E-state index contributed by atoms with van der Waals surface area (Å²) in [6.07, 6.45) is 0.0303. The number of amides is 1. The van der Waals surface area contributed by atoms with Crippen molar-refractivity contribution in [3.05, 3.63) is 29.3 Å². The number of nitrogens with one attached hydrogen (secondary N) is 1. The van der Waals surface area contributed by atoms with E-state index in [1.165, 1.54) is 0 Å². The van der Waals surface area contributed by atoms with Crippen LogP contribution in [0, 0.1) is 6.92 Å². The summed E-state index contributed by atoms with van der Waals surface area (Å²) in [7, 11) is 1.56. The van der Waals surface area contributed by atoms with Gasteiger partial charge in [0.15, 0.2) is 0 Å². The summed E-state index contributed by atoms with van der Waals surface area (Å²) in [5.41, 5.74) is 0.995. The summed E-state index contributed by atoms with van der Waals surface area (Å²) in [4.78, 5) is 22.9. The molecular formula is C15H21NO4. The van der Waals surface area contributed by atoms with Crippen LogP contribution in [-0.2, 0) is 9.53 Å². The lowest BCUT2D eigenvalue weighted by atomic mass is 10.1. The highest BCUT2D eigenvalue weighted by Crippen LogP contribution is 2.22. The van der Waals surface area contributed by atoms with Crippen molar-refractivity contribution in [3.8, 4) is 5.75 Å². The maximum absolute atomic E-state index is 11.7. The molecule has 1 aromatic rings. The van der Waals surface area contributed by atoms with E-state index in [-0.39, 0.29) is 0 Å². The molecule has 0 fully saturated rings. The Kier molecular flexibility index (Phi) is 5.13. The molecular weight excluding hydrogens is 258 g/mol. The molecule has 0 radical (unpaired) electrons. The average molecular weight is 279 g/mol. The molecule has 0 aliphatic heterocycles. The largest absolute Gasteiger partial charge is 0.496 e. The predicted molar refractivity (Wildman–Crippen MR) is 75.9 cm³/mol. The molecule has 1 amide bonds. The van der Waals surface area contributed by atoms with Gasteiger partial charge in [-0.25, -0.2) is 4.79 Å². The molecule has 5 nitrogen and oxygen atoms in total. The second-order valence-corrected chi connectivity index (χ2v) is 5.49. The van der Waals surface area contributed by atoms with Gasteiger partial charge in [0.1, 0.15) is 23.7 Å². The van der Waals surface area contributed by atoms with Crippen LogP contribution < -0.4 is 10.1 Å². The predicted octanol–water partition coefficient (Wildman–Crippen LogP) is 2.77. The number of rotatable bonds is 4. The van der Waals surface area contributed by atoms with Gasteiger partial charge in [-0.1, -0.05) is 12.1 Å². The summed E-state index contributed by atoms with van der Waals surface area (Å²) in [6, 6.07) is 4.57. The van der Waals surface area contributed by atoms with Crippen LogP contribution in [0.1, 0.15) is 37.9 Å². The van der Waals surface area contributed by atoms with Crippen LogP contribution >= 0.6 is 0 Å². The lowest BCUT2D eigenvalue weighted by molar-refractivity contribution is -0.109. The molecule has 20 heavy (non-hydrogen) atoms. The second-order valence-electron chi connectivity index (χ2n) is 5.49. The average Bonchev–Trinajstić information content (AvgIpc) is 2.34. The van der Waals surface area contributed by atoms with E-state index in [1.54, 1.807) is 40.0 Å². The number of ether oxygens (including phenoxy) is 2. The third-order valence-corrected chi connectivity index (χ3v) is 2.60. The topological polar surface area (TPSA) is 64.6 Å². The van der Waals surface area contributed by atoms with Gasteiger partial charge in [0, 0.05) is 0 Å². The Bertz CT molecular complexity index is 491. The molecule has 1 rings (SSSR count). The van der Waals surface area contributed by atoms with Crippen LogP contribution in [0.3, 0.4) is 0 Å².